The summed E-state index contributed by atoms with van der Waals surface area (Å²) in [5.74, 6) is 2.01. The van der Waals surface area contributed by atoms with Gasteiger partial charge in [0.2, 0.25) is 0 Å². The quantitative estimate of drug-likeness (QED) is 0.836. The molecule has 0 bridgehead atoms. The smallest absolute Gasteiger partial charge is 0.129 e. The third-order valence-electron chi connectivity index (χ3n) is 3.10. The van der Waals surface area contributed by atoms with Crippen molar-refractivity contribution in [2.75, 3.05) is 11.4 Å². The van der Waals surface area contributed by atoms with Gasteiger partial charge in [-0.25, -0.2) is 4.98 Å². The number of pyridine rings is 1. The van der Waals surface area contributed by atoms with E-state index in [1.807, 2.05) is 6.20 Å². The highest BCUT2D eigenvalue weighted by atomic mass is 79.9. The third kappa shape index (κ3) is 2.76. The summed E-state index contributed by atoms with van der Waals surface area (Å²) in [7, 11) is 0. The molecule has 1 aromatic heterocycles. The number of halogens is 1. The Morgan fingerprint density at radius 2 is 2.19 bits per heavy atom. The van der Waals surface area contributed by atoms with Crippen LogP contribution in [0.5, 0.6) is 0 Å². The van der Waals surface area contributed by atoms with Crippen LogP contribution >= 0.6 is 15.9 Å². The Bertz CT molecular complexity index is 372. The summed E-state index contributed by atoms with van der Waals surface area (Å²) in [4.78, 5) is 6.93. The fourth-order valence-electron chi connectivity index (χ4n) is 1.83. The van der Waals surface area contributed by atoms with Gasteiger partial charge in [-0.05, 0) is 67.1 Å². The van der Waals surface area contributed by atoms with Crippen LogP contribution in [0.4, 0.5) is 5.82 Å². The van der Waals surface area contributed by atoms with Crippen molar-refractivity contribution in [3.63, 3.8) is 0 Å². The summed E-state index contributed by atoms with van der Waals surface area (Å²) >= 11 is 3.50. The van der Waals surface area contributed by atoms with E-state index in [0.717, 1.165) is 22.8 Å². The monoisotopic (exact) mass is 282 g/mol. The second kappa shape index (κ2) is 4.74. The van der Waals surface area contributed by atoms with Crippen LogP contribution in [0.3, 0.4) is 0 Å². The van der Waals surface area contributed by atoms with E-state index in [1.165, 1.54) is 18.4 Å². The maximum absolute atomic E-state index is 4.52. The van der Waals surface area contributed by atoms with Crippen LogP contribution in [0.25, 0.3) is 0 Å². The lowest BCUT2D eigenvalue weighted by Crippen LogP contribution is -2.33. The molecule has 1 aliphatic rings. The lowest BCUT2D eigenvalue weighted by atomic mass is 10.2. The average molecular weight is 283 g/mol. The third-order valence-corrected chi connectivity index (χ3v) is 3.93. The van der Waals surface area contributed by atoms with Crippen molar-refractivity contribution in [1.29, 1.82) is 0 Å². The second-order valence-electron chi connectivity index (χ2n) is 4.98. The Morgan fingerprint density at radius 3 is 2.69 bits per heavy atom. The fraction of sp³-hybridized carbons (Fsp3) is 0.615. The first-order valence-electron chi connectivity index (χ1n) is 5.96. The minimum Gasteiger partial charge on any atom is -0.354 e. The summed E-state index contributed by atoms with van der Waals surface area (Å²) in [5.41, 5.74) is 1.26. The summed E-state index contributed by atoms with van der Waals surface area (Å²) in [6.45, 7) is 7.75. The highest BCUT2D eigenvalue weighted by Crippen LogP contribution is 2.32. The number of aryl methyl sites for hydroxylation is 1. The second-order valence-corrected chi connectivity index (χ2v) is 5.84. The number of hydrogen-bond acceptors (Lipinski definition) is 2. The summed E-state index contributed by atoms with van der Waals surface area (Å²) in [5, 5.41) is 0. The Morgan fingerprint density at radius 1 is 1.50 bits per heavy atom. The Hall–Kier alpha value is -0.570. The van der Waals surface area contributed by atoms with Crippen molar-refractivity contribution in [2.45, 2.75) is 39.7 Å². The standard InChI is InChI=1S/C13H19BrN2/c1-9(2)16(8-11-4-5-11)13-6-10(3)12(14)7-15-13/h6-7,9,11H,4-5,8H2,1-3H3. The van der Waals surface area contributed by atoms with E-state index in [1.54, 1.807) is 0 Å². The van der Waals surface area contributed by atoms with E-state index in [2.05, 4.69) is 52.7 Å². The average Bonchev–Trinajstić information content (AvgIpc) is 3.02. The van der Waals surface area contributed by atoms with Crippen LogP contribution in [-0.4, -0.2) is 17.6 Å². The van der Waals surface area contributed by atoms with E-state index < -0.39 is 0 Å². The van der Waals surface area contributed by atoms with E-state index in [9.17, 15) is 0 Å². The molecule has 0 unspecified atom stereocenters. The minimum atomic E-state index is 0.522. The maximum Gasteiger partial charge on any atom is 0.129 e. The Labute approximate surface area is 106 Å². The predicted molar refractivity (Wildman–Crippen MR) is 71.9 cm³/mol. The highest BCUT2D eigenvalue weighted by molar-refractivity contribution is 9.10. The molecule has 0 N–H and O–H groups in total. The fourth-order valence-corrected chi connectivity index (χ4v) is 2.05. The summed E-state index contributed by atoms with van der Waals surface area (Å²) < 4.78 is 1.09. The molecule has 0 saturated heterocycles. The molecular weight excluding hydrogens is 264 g/mol. The molecule has 1 heterocycles. The Kier molecular flexibility index (Phi) is 3.53. The number of aromatic nitrogens is 1. The van der Waals surface area contributed by atoms with Crippen molar-refractivity contribution >= 4 is 21.7 Å². The number of rotatable bonds is 4. The molecule has 0 atom stereocenters. The van der Waals surface area contributed by atoms with Crippen molar-refractivity contribution in [3.05, 3.63) is 22.3 Å². The van der Waals surface area contributed by atoms with Gasteiger partial charge in [-0.3, -0.25) is 0 Å². The molecule has 16 heavy (non-hydrogen) atoms. The van der Waals surface area contributed by atoms with Gasteiger partial charge in [-0.1, -0.05) is 0 Å². The van der Waals surface area contributed by atoms with E-state index in [-0.39, 0.29) is 0 Å². The first-order chi connectivity index (χ1) is 7.58. The molecule has 1 aliphatic carbocycles. The largest absolute Gasteiger partial charge is 0.354 e. The van der Waals surface area contributed by atoms with Gasteiger partial charge >= 0.3 is 0 Å². The number of nitrogens with zero attached hydrogens (tertiary/aromatic N) is 2. The molecule has 3 heteroatoms. The van der Waals surface area contributed by atoms with Gasteiger partial charge in [0.1, 0.15) is 5.82 Å². The van der Waals surface area contributed by atoms with Crippen LogP contribution in [0, 0.1) is 12.8 Å². The van der Waals surface area contributed by atoms with Gasteiger partial charge < -0.3 is 4.90 Å². The highest BCUT2D eigenvalue weighted by Gasteiger charge is 2.26. The molecule has 0 spiro atoms. The Balaban J connectivity index is 2.19. The van der Waals surface area contributed by atoms with Crippen LogP contribution in [0.1, 0.15) is 32.3 Å². The van der Waals surface area contributed by atoms with Crippen molar-refractivity contribution in [1.82, 2.24) is 4.98 Å². The van der Waals surface area contributed by atoms with Gasteiger partial charge in [0.15, 0.2) is 0 Å². The molecule has 2 rings (SSSR count). The number of hydrogen-bond donors (Lipinski definition) is 0. The molecule has 1 aromatic rings. The summed E-state index contributed by atoms with van der Waals surface area (Å²) in [6.07, 6.45) is 4.68. The molecule has 0 aromatic carbocycles. The topological polar surface area (TPSA) is 16.1 Å². The number of anilines is 1. The van der Waals surface area contributed by atoms with Crippen LogP contribution < -0.4 is 4.90 Å². The van der Waals surface area contributed by atoms with E-state index in [4.69, 9.17) is 0 Å². The molecule has 1 saturated carbocycles. The van der Waals surface area contributed by atoms with Crippen molar-refractivity contribution < 1.29 is 0 Å². The zero-order chi connectivity index (χ0) is 11.7. The van der Waals surface area contributed by atoms with Crippen molar-refractivity contribution in [3.8, 4) is 0 Å². The molecule has 1 fully saturated rings. The van der Waals surface area contributed by atoms with Gasteiger partial charge in [0.25, 0.3) is 0 Å². The van der Waals surface area contributed by atoms with Gasteiger partial charge in [0, 0.05) is 23.3 Å². The first kappa shape index (κ1) is 11.9. The SMILES string of the molecule is Cc1cc(N(CC2CC2)C(C)C)ncc1Br. The molecule has 0 amide bonds. The predicted octanol–water partition coefficient (Wildman–Crippen LogP) is 3.78. The van der Waals surface area contributed by atoms with Crippen LogP contribution in [-0.2, 0) is 0 Å². The minimum absolute atomic E-state index is 0.522. The zero-order valence-electron chi connectivity index (χ0n) is 10.2. The first-order valence-corrected chi connectivity index (χ1v) is 6.76. The van der Waals surface area contributed by atoms with E-state index >= 15 is 0 Å². The molecule has 0 radical (unpaired) electrons. The summed E-state index contributed by atoms with van der Waals surface area (Å²) in [6, 6.07) is 2.70. The van der Waals surface area contributed by atoms with Crippen LogP contribution in [0.2, 0.25) is 0 Å². The normalized spacial score (nSPS) is 15.6. The zero-order valence-corrected chi connectivity index (χ0v) is 11.8. The molecular formula is C13H19BrN2. The van der Waals surface area contributed by atoms with Crippen LogP contribution in [0.15, 0.2) is 16.7 Å². The molecule has 2 nitrogen and oxygen atoms in total. The van der Waals surface area contributed by atoms with E-state index in [0.29, 0.717) is 6.04 Å². The maximum atomic E-state index is 4.52. The van der Waals surface area contributed by atoms with Gasteiger partial charge in [-0.15, -0.1) is 0 Å². The lowest BCUT2D eigenvalue weighted by molar-refractivity contribution is 0.636. The van der Waals surface area contributed by atoms with Crippen molar-refractivity contribution in [2.24, 2.45) is 5.92 Å². The van der Waals surface area contributed by atoms with Gasteiger partial charge in [-0.2, -0.15) is 0 Å². The lowest BCUT2D eigenvalue weighted by Gasteiger charge is -2.28. The molecule has 0 aliphatic heterocycles. The molecule has 88 valence electrons. The van der Waals surface area contributed by atoms with Gasteiger partial charge in [0.05, 0.1) is 0 Å².